The molecule has 0 radical (unpaired) electrons. The summed E-state index contributed by atoms with van der Waals surface area (Å²) in [4.78, 5) is 11.0. The normalized spacial score (nSPS) is 10.4. The van der Waals surface area contributed by atoms with Gasteiger partial charge < -0.3 is 0 Å². The largest absolute Gasteiger partial charge is 0.300 e. The number of rotatable bonds is 3. The maximum absolute atomic E-state index is 11.0. The van der Waals surface area contributed by atoms with Gasteiger partial charge in [-0.2, -0.15) is 5.10 Å². The molecular formula is C12H11ClN2O. The molecule has 0 fully saturated rings. The molecule has 0 amide bonds. The van der Waals surface area contributed by atoms with Crippen LogP contribution in [0.3, 0.4) is 0 Å². The molecule has 1 aromatic heterocycles. The predicted molar refractivity (Wildman–Crippen MR) is 63.0 cm³/mol. The van der Waals surface area contributed by atoms with Gasteiger partial charge in [-0.1, -0.05) is 23.7 Å². The van der Waals surface area contributed by atoms with Gasteiger partial charge in [0.2, 0.25) is 0 Å². The Morgan fingerprint density at radius 3 is 2.88 bits per heavy atom. The van der Waals surface area contributed by atoms with Crippen molar-refractivity contribution in [3.05, 3.63) is 47.2 Å². The van der Waals surface area contributed by atoms with Gasteiger partial charge in [0.15, 0.2) is 0 Å². The number of para-hydroxylation sites is 1. The smallest absolute Gasteiger partial charge is 0.134 e. The number of benzene rings is 1. The van der Waals surface area contributed by atoms with Gasteiger partial charge in [-0.15, -0.1) is 0 Å². The molecule has 82 valence electrons. The Morgan fingerprint density at radius 1 is 1.44 bits per heavy atom. The van der Waals surface area contributed by atoms with Crippen LogP contribution in [0, 0.1) is 0 Å². The molecule has 0 unspecified atom stereocenters. The van der Waals surface area contributed by atoms with E-state index in [4.69, 9.17) is 11.6 Å². The fourth-order valence-electron chi connectivity index (χ4n) is 1.51. The predicted octanol–water partition coefficient (Wildman–Crippen LogP) is 2.66. The summed E-state index contributed by atoms with van der Waals surface area (Å²) in [6, 6.07) is 7.45. The van der Waals surface area contributed by atoms with Gasteiger partial charge in [-0.3, -0.25) is 4.79 Å². The molecule has 0 aliphatic carbocycles. The van der Waals surface area contributed by atoms with Crippen LogP contribution < -0.4 is 0 Å². The first-order valence-electron chi connectivity index (χ1n) is 4.94. The van der Waals surface area contributed by atoms with Crippen LogP contribution >= 0.6 is 11.6 Å². The summed E-state index contributed by atoms with van der Waals surface area (Å²) in [5.41, 5.74) is 1.71. The Hall–Kier alpha value is -1.61. The number of ketones is 1. The van der Waals surface area contributed by atoms with E-state index in [9.17, 15) is 4.79 Å². The minimum atomic E-state index is 0.124. The zero-order valence-electron chi connectivity index (χ0n) is 8.85. The van der Waals surface area contributed by atoms with Crippen LogP contribution in [0.15, 0.2) is 36.7 Å². The summed E-state index contributed by atoms with van der Waals surface area (Å²) in [5, 5.41) is 4.82. The standard InChI is InChI=1S/C12H11ClN2O/c1-9(16)6-10-7-14-15(8-10)12-5-3-2-4-11(12)13/h2-5,7-8H,6H2,1H3. The monoisotopic (exact) mass is 234 g/mol. The highest BCUT2D eigenvalue weighted by Crippen LogP contribution is 2.19. The molecular weight excluding hydrogens is 224 g/mol. The summed E-state index contributed by atoms with van der Waals surface area (Å²) in [7, 11) is 0. The van der Waals surface area contributed by atoms with Crippen molar-refractivity contribution in [1.82, 2.24) is 9.78 Å². The fourth-order valence-corrected chi connectivity index (χ4v) is 1.73. The van der Waals surface area contributed by atoms with Crippen LogP contribution in [-0.2, 0) is 11.2 Å². The van der Waals surface area contributed by atoms with E-state index in [0.29, 0.717) is 11.4 Å². The molecule has 0 aliphatic heterocycles. The zero-order valence-corrected chi connectivity index (χ0v) is 9.61. The molecule has 2 rings (SSSR count). The van der Waals surface area contributed by atoms with Crippen LogP contribution in [-0.4, -0.2) is 15.6 Å². The van der Waals surface area contributed by atoms with Crippen molar-refractivity contribution in [1.29, 1.82) is 0 Å². The average Bonchev–Trinajstić information content (AvgIpc) is 2.66. The number of hydrogen-bond donors (Lipinski definition) is 0. The Balaban J connectivity index is 2.32. The summed E-state index contributed by atoms with van der Waals surface area (Å²) in [5.74, 6) is 0.124. The molecule has 2 aromatic rings. The summed E-state index contributed by atoms with van der Waals surface area (Å²) >= 11 is 6.05. The van der Waals surface area contributed by atoms with Gasteiger partial charge in [0, 0.05) is 12.6 Å². The van der Waals surface area contributed by atoms with E-state index >= 15 is 0 Å². The first-order valence-corrected chi connectivity index (χ1v) is 5.32. The van der Waals surface area contributed by atoms with E-state index in [1.165, 1.54) is 0 Å². The van der Waals surface area contributed by atoms with Gasteiger partial charge >= 0.3 is 0 Å². The summed E-state index contributed by atoms with van der Waals surface area (Å²) < 4.78 is 1.68. The van der Waals surface area contributed by atoms with E-state index in [1.807, 2.05) is 30.5 Å². The number of nitrogens with zero attached hydrogens (tertiary/aromatic N) is 2. The molecule has 0 spiro atoms. The Bertz CT molecular complexity index is 519. The summed E-state index contributed by atoms with van der Waals surface area (Å²) in [6.07, 6.45) is 3.91. The Morgan fingerprint density at radius 2 is 2.19 bits per heavy atom. The lowest BCUT2D eigenvalue weighted by atomic mass is 10.2. The van der Waals surface area contributed by atoms with Crippen molar-refractivity contribution in [2.75, 3.05) is 0 Å². The number of halogens is 1. The molecule has 1 aromatic carbocycles. The van der Waals surface area contributed by atoms with E-state index < -0.39 is 0 Å². The number of Topliss-reactive ketones (excluding diaryl/α,β-unsaturated/α-hetero) is 1. The van der Waals surface area contributed by atoms with Crippen molar-refractivity contribution in [3.8, 4) is 5.69 Å². The van der Waals surface area contributed by atoms with Crippen molar-refractivity contribution in [2.24, 2.45) is 0 Å². The summed E-state index contributed by atoms with van der Waals surface area (Å²) in [6.45, 7) is 1.56. The highest BCUT2D eigenvalue weighted by molar-refractivity contribution is 6.32. The van der Waals surface area contributed by atoms with Crippen molar-refractivity contribution in [3.63, 3.8) is 0 Å². The molecule has 0 atom stereocenters. The average molecular weight is 235 g/mol. The van der Waals surface area contributed by atoms with E-state index in [2.05, 4.69) is 5.10 Å². The second-order valence-corrected chi connectivity index (χ2v) is 4.03. The van der Waals surface area contributed by atoms with E-state index in [0.717, 1.165) is 11.3 Å². The molecule has 0 bridgehead atoms. The maximum atomic E-state index is 11.0. The SMILES string of the molecule is CC(=O)Cc1cnn(-c2ccccc2Cl)c1. The lowest BCUT2D eigenvalue weighted by molar-refractivity contribution is -0.116. The van der Waals surface area contributed by atoms with E-state index in [-0.39, 0.29) is 5.78 Å². The first kappa shape index (κ1) is 10.9. The van der Waals surface area contributed by atoms with Crippen LogP contribution in [0.1, 0.15) is 12.5 Å². The quantitative estimate of drug-likeness (QED) is 0.819. The third-order valence-electron chi connectivity index (χ3n) is 2.19. The van der Waals surface area contributed by atoms with E-state index in [1.54, 1.807) is 17.8 Å². The molecule has 0 saturated heterocycles. The number of carbonyl (C=O) groups excluding carboxylic acids is 1. The van der Waals surface area contributed by atoms with Gasteiger partial charge in [-0.25, -0.2) is 4.68 Å². The molecule has 0 N–H and O–H groups in total. The second kappa shape index (κ2) is 4.49. The zero-order chi connectivity index (χ0) is 11.5. The van der Waals surface area contributed by atoms with Gasteiger partial charge in [0.25, 0.3) is 0 Å². The first-order chi connectivity index (χ1) is 7.66. The van der Waals surface area contributed by atoms with Crippen LogP contribution in [0.2, 0.25) is 5.02 Å². The number of hydrogen-bond acceptors (Lipinski definition) is 2. The minimum absolute atomic E-state index is 0.124. The van der Waals surface area contributed by atoms with Crippen molar-refractivity contribution < 1.29 is 4.79 Å². The van der Waals surface area contributed by atoms with Crippen molar-refractivity contribution >= 4 is 17.4 Å². The Kier molecular flexibility index (Phi) is 3.06. The Labute approximate surface area is 98.7 Å². The maximum Gasteiger partial charge on any atom is 0.134 e. The van der Waals surface area contributed by atoms with Gasteiger partial charge in [0.1, 0.15) is 5.78 Å². The molecule has 16 heavy (non-hydrogen) atoms. The second-order valence-electron chi connectivity index (χ2n) is 3.62. The molecule has 4 heteroatoms. The van der Waals surface area contributed by atoms with Crippen LogP contribution in [0.5, 0.6) is 0 Å². The molecule has 1 heterocycles. The molecule has 0 saturated carbocycles. The fraction of sp³-hybridized carbons (Fsp3) is 0.167. The van der Waals surface area contributed by atoms with Gasteiger partial charge in [0.05, 0.1) is 16.9 Å². The molecule has 3 nitrogen and oxygen atoms in total. The number of aromatic nitrogens is 2. The highest BCUT2D eigenvalue weighted by Gasteiger charge is 2.05. The van der Waals surface area contributed by atoms with Gasteiger partial charge in [-0.05, 0) is 24.6 Å². The van der Waals surface area contributed by atoms with Crippen LogP contribution in [0.25, 0.3) is 5.69 Å². The van der Waals surface area contributed by atoms with Crippen molar-refractivity contribution in [2.45, 2.75) is 13.3 Å². The highest BCUT2D eigenvalue weighted by atomic mass is 35.5. The lowest BCUT2D eigenvalue weighted by Gasteiger charge is -2.02. The third-order valence-corrected chi connectivity index (χ3v) is 2.51. The van der Waals surface area contributed by atoms with Crippen LogP contribution in [0.4, 0.5) is 0 Å². The molecule has 0 aliphatic rings. The third kappa shape index (κ3) is 2.31. The minimum Gasteiger partial charge on any atom is -0.300 e. The lowest BCUT2D eigenvalue weighted by Crippen LogP contribution is -1.96. The topological polar surface area (TPSA) is 34.9 Å². The number of carbonyl (C=O) groups is 1.